The van der Waals surface area contributed by atoms with E-state index in [0.29, 0.717) is 6.54 Å². The van der Waals surface area contributed by atoms with Crippen molar-refractivity contribution in [1.29, 1.82) is 0 Å². The van der Waals surface area contributed by atoms with Crippen molar-refractivity contribution in [3.8, 4) is 0 Å². The largest absolute Gasteiger partial charge is 0.335 e. The maximum atomic E-state index is 12.4. The predicted octanol–water partition coefficient (Wildman–Crippen LogP) is 0.561. The summed E-state index contributed by atoms with van der Waals surface area (Å²) in [4.78, 5) is 6.46. The van der Waals surface area contributed by atoms with E-state index in [2.05, 4.69) is 15.3 Å². The number of hydrogen-bond acceptors (Lipinski definition) is 4. The first kappa shape index (κ1) is 13.5. The summed E-state index contributed by atoms with van der Waals surface area (Å²) in [6.45, 7) is 5.27. The van der Waals surface area contributed by atoms with Gasteiger partial charge in [0.1, 0.15) is 0 Å². The van der Waals surface area contributed by atoms with Gasteiger partial charge in [0.05, 0.1) is 12.5 Å². The Hall–Kier alpha value is -0.920. The Morgan fingerprint density at radius 1 is 1.56 bits per heavy atom. The monoisotopic (exact) mass is 272 g/mol. The number of rotatable bonds is 5. The molecule has 2 N–H and O–H groups in total. The zero-order chi connectivity index (χ0) is 13.2. The Morgan fingerprint density at radius 2 is 2.33 bits per heavy atom. The first-order valence-corrected chi connectivity index (χ1v) is 7.69. The van der Waals surface area contributed by atoms with E-state index in [0.717, 1.165) is 19.4 Å². The molecular formula is C11H20N4O2S. The van der Waals surface area contributed by atoms with Gasteiger partial charge in [-0.05, 0) is 33.2 Å². The molecule has 2 rings (SSSR count). The van der Waals surface area contributed by atoms with Gasteiger partial charge in [-0.3, -0.25) is 0 Å². The molecule has 0 spiro atoms. The van der Waals surface area contributed by atoms with Crippen LogP contribution in [-0.4, -0.2) is 47.9 Å². The van der Waals surface area contributed by atoms with Crippen LogP contribution in [0.25, 0.3) is 0 Å². The molecule has 1 atom stereocenters. The van der Waals surface area contributed by atoms with E-state index >= 15 is 0 Å². The molecule has 0 aliphatic carbocycles. The summed E-state index contributed by atoms with van der Waals surface area (Å²) in [6.07, 6.45) is 4.88. The van der Waals surface area contributed by atoms with Gasteiger partial charge in [-0.1, -0.05) is 0 Å². The second kappa shape index (κ2) is 5.38. The molecule has 1 unspecified atom stereocenters. The van der Waals surface area contributed by atoms with Crippen LogP contribution in [-0.2, 0) is 10.0 Å². The molecule has 6 nitrogen and oxygen atoms in total. The van der Waals surface area contributed by atoms with Crippen molar-refractivity contribution in [2.45, 2.75) is 43.8 Å². The van der Waals surface area contributed by atoms with Crippen molar-refractivity contribution < 1.29 is 8.42 Å². The van der Waals surface area contributed by atoms with Gasteiger partial charge in [-0.15, -0.1) is 0 Å². The number of aromatic amines is 1. The lowest BCUT2D eigenvalue weighted by Crippen LogP contribution is -2.44. The average molecular weight is 272 g/mol. The highest BCUT2D eigenvalue weighted by Gasteiger charge is 2.31. The molecule has 1 aliphatic rings. The van der Waals surface area contributed by atoms with E-state index < -0.39 is 10.0 Å². The number of nitrogens with one attached hydrogen (secondary N) is 2. The number of H-pyrrole nitrogens is 1. The fourth-order valence-electron chi connectivity index (χ4n) is 2.23. The lowest BCUT2D eigenvalue weighted by molar-refractivity contribution is 0.321. The lowest BCUT2D eigenvalue weighted by atomic mass is 10.2. The molecule has 0 bridgehead atoms. The second-order valence-electron chi connectivity index (χ2n) is 4.88. The minimum absolute atomic E-state index is 0.0688. The highest BCUT2D eigenvalue weighted by molar-refractivity contribution is 7.89. The molecule has 18 heavy (non-hydrogen) atoms. The smallest absolute Gasteiger partial charge is 0.260 e. The molecule has 7 heteroatoms. The highest BCUT2D eigenvalue weighted by Crippen LogP contribution is 2.18. The molecule has 0 amide bonds. The van der Waals surface area contributed by atoms with Crippen molar-refractivity contribution in [3.05, 3.63) is 12.5 Å². The minimum atomic E-state index is -3.47. The maximum Gasteiger partial charge on any atom is 0.260 e. The summed E-state index contributed by atoms with van der Waals surface area (Å²) in [6, 6.07) is 0.186. The van der Waals surface area contributed by atoms with Crippen LogP contribution in [0.15, 0.2) is 17.6 Å². The van der Waals surface area contributed by atoms with Gasteiger partial charge >= 0.3 is 0 Å². The third-order valence-corrected chi connectivity index (χ3v) is 5.17. The van der Waals surface area contributed by atoms with E-state index in [1.807, 2.05) is 13.8 Å². The standard InChI is InChI=1S/C11H20N4O2S/c1-9(2)15(7-10-4-3-5-13-10)18(16,17)11-6-12-8-14-11/h6,8-10,13H,3-5,7H2,1-2H3,(H,12,14). The molecule has 2 heterocycles. The van der Waals surface area contributed by atoms with E-state index in [1.54, 1.807) is 0 Å². The summed E-state index contributed by atoms with van der Waals surface area (Å²) in [5, 5.41) is 3.49. The molecule has 102 valence electrons. The Bertz CT molecular complexity index is 463. The summed E-state index contributed by atoms with van der Waals surface area (Å²) < 4.78 is 26.4. The molecule has 1 fully saturated rings. The van der Waals surface area contributed by atoms with Crippen LogP contribution >= 0.6 is 0 Å². The van der Waals surface area contributed by atoms with Crippen molar-refractivity contribution >= 4 is 10.0 Å². The van der Waals surface area contributed by atoms with Crippen molar-refractivity contribution in [3.63, 3.8) is 0 Å². The fraction of sp³-hybridized carbons (Fsp3) is 0.727. The molecule has 0 radical (unpaired) electrons. The molecular weight excluding hydrogens is 252 g/mol. The number of sulfonamides is 1. The van der Waals surface area contributed by atoms with E-state index in [4.69, 9.17) is 0 Å². The second-order valence-corrected chi connectivity index (χ2v) is 6.74. The fourth-order valence-corrected chi connectivity index (χ4v) is 3.81. The summed E-state index contributed by atoms with van der Waals surface area (Å²) >= 11 is 0. The van der Waals surface area contributed by atoms with Gasteiger partial charge < -0.3 is 10.3 Å². The Labute approximate surface area is 108 Å². The van der Waals surface area contributed by atoms with Gasteiger partial charge in [0.2, 0.25) is 0 Å². The highest BCUT2D eigenvalue weighted by atomic mass is 32.2. The van der Waals surface area contributed by atoms with Crippen molar-refractivity contribution in [2.24, 2.45) is 0 Å². The van der Waals surface area contributed by atoms with Crippen LogP contribution in [0, 0.1) is 0 Å². The third kappa shape index (κ3) is 2.73. The number of hydrogen-bond donors (Lipinski definition) is 2. The molecule has 0 saturated carbocycles. The lowest BCUT2D eigenvalue weighted by Gasteiger charge is -2.27. The zero-order valence-corrected chi connectivity index (χ0v) is 11.6. The van der Waals surface area contributed by atoms with Crippen LogP contribution in [0.1, 0.15) is 26.7 Å². The average Bonchev–Trinajstić information content (AvgIpc) is 2.98. The summed E-state index contributed by atoms with van der Waals surface area (Å²) in [7, 11) is -3.47. The van der Waals surface area contributed by atoms with Crippen LogP contribution < -0.4 is 5.32 Å². The summed E-state index contributed by atoms with van der Waals surface area (Å²) in [5.41, 5.74) is 0. The van der Waals surface area contributed by atoms with E-state index in [9.17, 15) is 8.42 Å². The first-order chi connectivity index (χ1) is 8.51. The van der Waals surface area contributed by atoms with Gasteiger partial charge in [-0.25, -0.2) is 13.4 Å². The zero-order valence-electron chi connectivity index (χ0n) is 10.8. The molecule has 1 saturated heterocycles. The quantitative estimate of drug-likeness (QED) is 0.821. The maximum absolute atomic E-state index is 12.4. The van der Waals surface area contributed by atoms with Crippen LogP contribution in [0.3, 0.4) is 0 Å². The summed E-state index contributed by atoms with van der Waals surface area (Å²) in [5.74, 6) is 0. The van der Waals surface area contributed by atoms with Crippen LogP contribution in [0.5, 0.6) is 0 Å². The molecule has 1 aliphatic heterocycles. The van der Waals surface area contributed by atoms with E-state index in [1.165, 1.54) is 16.8 Å². The Kier molecular flexibility index (Phi) is 4.04. The van der Waals surface area contributed by atoms with Crippen LogP contribution in [0.4, 0.5) is 0 Å². The molecule has 0 aromatic carbocycles. The number of nitrogens with zero attached hydrogens (tertiary/aromatic N) is 2. The van der Waals surface area contributed by atoms with Gasteiger partial charge in [0, 0.05) is 18.6 Å². The normalized spacial score (nSPS) is 21.0. The van der Waals surface area contributed by atoms with Crippen molar-refractivity contribution in [1.82, 2.24) is 19.6 Å². The third-order valence-electron chi connectivity index (χ3n) is 3.20. The van der Waals surface area contributed by atoms with Crippen LogP contribution in [0.2, 0.25) is 0 Å². The van der Waals surface area contributed by atoms with Gasteiger partial charge in [0.25, 0.3) is 10.0 Å². The Morgan fingerprint density at radius 3 is 2.83 bits per heavy atom. The minimum Gasteiger partial charge on any atom is -0.335 e. The molecule has 1 aromatic heterocycles. The number of imidazole rings is 1. The SMILES string of the molecule is CC(C)N(CC1CCCN1)S(=O)(=O)c1cnc[nH]1. The molecule has 1 aromatic rings. The first-order valence-electron chi connectivity index (χ1n) is 6.25. The van der Waals surface area contributed by atoms with E-state index in [-0.39, 0.29) is 17.1 Å². The van der Waals surface area contributed by atoms with Crippen molar-refractivity contribution in [2.75, 3.05) is 13.1 Å². The number of aromatic nitrogens is 2. The topological polar surface area (TPSA) is 78.1 Å². The Balaban J connectivity index is 2.19. The van der Waals surface area contributed by atoms with Gasteiger partial charge in [-0.2, -0.15) is 4.31 Å². The predicted molar refractivity (Wildman–Crippen MR) is 68.6 cm³/mol. The van der Waals surface area contributed by atoms with Gasteiger partial charge in [0.15, 0.2) is 5.03 Å².